The summed E-state index contributed by atoms with van der Waals surface area (Å²) >= 11 is 0. The highest BCUT2D eigenvalue weighted by atomic mass is 35.5. The molecule has 0 saturated carbocycles. The first-order valence-corrected chi connectivity index (χ1v) is 7.74. The lowest BCUT2D eigenvalue weighted by Crippen LogP contribution is -2.51. The van der Waals surface area contributed by atoms with Gasteiger partial charge in [-0.1, -0.05) is 37.3 Å². The van der Waals surface area contributed by atoms with Crippen LogP contribution < -0.4 is 5.32 Å². The average molecular weight is 309 g/mol. The molecular formula is C17H25ClN2O. The molecule has 0 bridgehead atoms. The highest BCUT2D eigenvalue weighted by Crippen LogP contribution is 2.34. The van der Waals surface area contributed by atoms with Crippen molar-refractivity contribution < 1.29 is 4.79 Å². The van der Waals surface area contributed by atoms with Crippen LogP contribution in [0.3, 0.4) is 0 Å². The third kappa shape index (κ3) is 3.09. The highest BCUT2D eigenvalue weighted by molar-refractivity contribution is 5.85. The molecule has 3 unspecified atom stereocenters. The Hall–Kier alpha value is -1.06. The van der Waals surface area contributed by atoms with E-state index in [2.05, 4.69) is 54.4 Å². The molecule has 1 amide bonds. The number of carbonyl (C=O) groups is 1. The Balaban J connectivity index is 0.00000161. The third-order valence-electron chi connectivity index (χ3n) is 5.18. The number of hydrogen-bond acceptors (Lipinski definition) is 2. The normalized spacial score (nSPS) is 26.9. The SMILES string of the molecule is CC(C(=O)N1CCC(c2ccccc2)C1C)C1CNC1.Cl. The second-order valence-corrected chi connectivity index (χ2v) is 6.29. The topological polar surface area (TPSA) is 32.3 Å². The minimum absolute atomic E-state index is 0. The molecule has 4 heteroatoms. The van der Waals surface area contributed by atoms with Crippen molar-refractivity contribution >= 4 is 18.3 Å². The van der Waals surface area contributed by atoms with Gasteiger partial charge in [0.2, 0.25) is 5.91 Å². The van der Waals surface area contributed by atoms with Crippen LogP contribution in [0, 0.1) is 11.8 Å². The van der Waals surface area contributed by atoms with Crippen LogP contribution in [0.15, 0.2) is 30.3 Å². The molecule has 3 nitrogen and oxygen atoms in total. The number of carbonyl (C=O) groups excluding carboxylic acids is 1. The highest BCUT2D eigenvalue weighted by Gasteiger charge is 2.39. The molecule has 2 fully saturated rings. The van der Waals surface area contributed by atoms with Crippen LogP contribution in [-0.4, -0.2) is 36.5 Å². The first-order valence-electron chi connectivity index (χ1n) is 7.74. The van der Waals surface area contributed by atoms with E-state index < -0.39 is 0 Å². The predicted molar refractivity (Wildman–Crippen MR) is 87.7 cm³/mol. The molecule has 0 spiro atoms. The van der Waals surface area contributed by atoms with Crippen molar-refractivity contribution in [1.82, 2.24) is 10.2 Å². The number of benzene rings is 1. The molecule has 116 valence electrons. The molecule has 2 heterocycles. The van der Waals surface area contributed by atoms with Crippen LogP contribution in [0.4, 0.5) is 0 Å². The van der Waals surface area contributed by atoms with E-state index in [0.717, 1.165) is 26.1 Å². The molecule has 2 saturated heterocycles. The quantitative estimate of drug-likeness (QED) is 0.931. The van der Waals surface area contributed by atoms with Crippen molar-refractivity contribution in [2.45, 2.75) is 32.2 Å². The summed E-state index contributed by atoms with van der Waals surface area (Å²) < 4.78 is 0. The van der Waals surface area contributed by atoms with Gasteiger partial charge in [-0.25, -0.2) is 0 Å². The van der Waals surface area contributed by atoms with E-state index in [1.807, 2.05) is 0 Å². The van der Waals surface area contributed by atoms with Crippen LogP contribution in [0.2, 0.25) is 0 Å². The molecule has 1 aromatic carbocycles. The third-order valence-corrected chi connectivity index (χ3v) is 5.18. The van der Waals surface area contributed by atoms with Crippen LogP contribution in [0.5, 0.6) is 0 Å². The zero-order valence-electron chi connectivity index (χ0n) is 12.8. The van der Waals surface area contributed by atoms with Gasteiger partial charge in [0.15, 0.2) is 0 Å². The van der Waals surface area contributed by atoms with E-state index in [0.29, 0.717) is 23.8 Å². The molecule has 1 N–H and O–H groups in total. The van der Waals surface area contributed by atoms with Crippen molar-refractivity contribution in [2.75, 3.05) is 19.6 Å². The van der Waals surface area contributed by atoms with Crippen molar-refractivity contribution in [3.8, 4) is 0 Å². The van der Waals surface area contributed by atoms with Crippen molar-refractivity contribution in [2.24, 2.45) is 11.8 Å². The van der Waals surface area contributed by atoms with Crippen molar-refractivity contribution in [3.05, 3.63) is 35.9 Å². The van der Waals surface area contributed by atoms with Gasteiger partial charge in [0.25, 0.3) is 0 Å². The molecule has 21 heavy (non-hydrogen) atoms. The van der Waals surface area contributed by atoms with Gasteiger partial charge in [-0.3, -0.25) is 4.79 Å². The fourth-order valence-electron chi connectivity index (χ4n) is 3.52. The molecule has 1 aromatic rings. The van der Waals surface area contributed by atoms with Gasteiger partial charge in [-0.15, -0.1) is 12.4 Å². The number of hydrogen-bond donors (Lipinski definition) is 1. The van der Waals surface area contributed by atoms with E-state index in [-0.39, 0.29) is 18.3 Å². The molecule has 0 radical (unpaired) electrons. The number of likely N-dealkylation sites (tertiary alicyclic amines) is 1. The fourth-order valence-corrected chi connectivity index (χ4v) is 3.52. The van der Waals surface area contributed by atoms with Gasteiger partial charge >= 0.3 is 0 Å². The lowest BCUT2D eigenvalue weighted by atomic mass is 9.87. The lowest BCUT2D eigenvalue weighted by Gasteiger charge is -2.35. The van der Waals surface area contributed by atoms with E-state index in [9.17, 15) is 4.79 Å². The van der Waals surface area contributed by atoms with Gasteiger partial charge in [-0.05, 0) is 37.9 Å². The fraction of sp³-hybridized carbons (Fsp3) is 0.588. The Morgan fingerprint density at radius 3 is 2.52 bits per heavy atom. The molecule has 3 rings (SSSR count). The Morgan fingerprint density at radius 2 is 1.95 bits per heavy atom. The van der Waals surface area contributed by atoms with E-state index >= 15 is 0 Å². The van der Waals surface area contributed by atoms with Crippen molar-refractivity contribution in [3.63, 3.8) is 0 Å². The van der Waals surface area contributed by atoms with E-state index in [4.69, 9.17) is 0 Å². The maximum atomic E-state index is 12.7. The second-order valence-electron chi connectivity index (χ2n) is 6.29. The molecule has 0 aliphatic carbocycles. The number of rotatable bonds is 3. The zero-order chi connectivity index (χ0) is 14.1. The Bertz CT molecular complexity index is 475. The molecule has 3 atom stereocenters. The standard InChI is InChI=1S/C17H24N2O.ClH/c1-12(15-10-18-11-15)17(20)19-9-8-16(13(19)2)14-6-4-3-5-7-14;/h3-7,12-13,15-16,18H,8-11H2,1-2H3;1H. The summed E-state index contributed by atoms with van der Waals surface area (Å²) in [5.41, 5.74) is 1.37. The first-order chi connectivity index (χ1) is 9.68. The minimum atomic E-state index is 0. The Labute approximate surface area is 133 Å². The molecule has 2 aliphatic rings. The second kappa shape index (κ2) is 6.80. The zero-order valence-corrected chi connectivity index (χ0v) is 13.6. The van der Waals surface area contributed by atoms with Crippen LogP contribution >= 0.6 is 12.4 Å². The first kappa shape index (κ1) is 16.3. The van der Waals surface area contributed by atoms with E-state index in [1.54, 1.807) is 0 Å². The summed E-state index contributed by atoms with van der Waals surface area (Å²) in [6.07, 6.45) is 1.09. The van der Waals surface area contributed by atoms with Crippen LogP contribution in [0.1, 0.15) is 31.7 Å². The maximum Gasteiger partial charge on any atom is 0.226 e. The smallest absolute Gasteiger partial charge is 0.226 e. The summed E-state index contributed by atoms with van der Waals surface area (Å²) in [6.45, 7) is 7.20. The Kier molecular flexibility index (Phi) is 5.28. The van der Waals surface area contributed by atoms with Gasteiger partial charge in [0.1, 0.15) is 0 Å². The lowest BCUT2D eigenvalue weighted by molar-refractivity contribution is -0.138. The van der Waals surface area contributed by atoms with Crippen molar-refractivity contribution in [1.29, 1.82) is 0 Å². The summed E-state index contributed by atoms with van der Waals surface area (Å²) in [4.78, 5) is 14.8. The maximum absolute atomic E-state index is 12.7. The summed E-state index contributed by atoms with van der Waals surface area (Å²) in [6, 6.07) is 10.9. The largest absolute Gasteiger partial charge is 0.339 e. The van der Waals surface area contributed by atoms with E-state index in [1.165, 1.54) is 5.56 Å². The van der Waals surface area contributed by atoms with Gasteiger partial charge in [0.05, 0.1) is 0 Å². The average Bonchev–Trinajstić information content (AvgIpc) is 2.78. The number of amides is 1. The predicted octanol–water partition coefficient (Wildman–Crippen LogP) is 2.67. The molecule has 2 aliphatic heterocycles. The summed E-state index contributed by atoms with van der Waals surface area (Å²) in [7, 11) is 0. The number of halogens is 1. The molecular weight excluding hydrogens is 284 g/mol. The monoisotopic (exact) mass is 308 g/mol. The Morgan fingerprint density at radius 1 is 1.29 bits per heavy atom. The van der Waals surface area contributed by atoms with Gasteiger partial charge < -0.3 is 10.2 Å². The van der Waals surface area contributed by atoms with Crippen LogP contribution in [0.25, 0.3) is 0 Å². The minimum Gasteiger partial charge on any atom is -0.339 e. The van der Waals surface area contributed by atoms with Crippen LogP contribution in [-0.2, 0) is 4.79 Å². The molecule has 0 aromatic heterocycles. The number of nitrogens with one attached hydrogen (secondary N) is 1. The van der Waals surface area contributed by atoms with Gasteiger partial charge in [0, 0.05) is 24.4 Å². The van der Waals surface area contributed by atoms with Gasteiger partial charge in [-0.2, -0.15) is 0 Å². The summed E-state index contributed by atoms with van der Waals surface area (Å²) in [5.74, 6) is 1.54. The number of nitrogens with zero attached hydrogens (tertiary/aromatic N) is 1. The summed E-state index contributed by atoms with van der Waals surface area (Å²) in [5, 5.41) is 3.26.